The Hall–Kier alpha value is -0.610. The van der Waals surface area contributed by atoms with Crippen LogP contribution in [0.4, 0.5) is 0 Å². The van der Waals surface area contributed by atoms with Crippen LogP contribution in [-0.4, -0.2) is 44.0 Å². The highest BCUT2D eigenvalue weighted by Gasteiger charge is 2.28. The van der Waals surface area contributed by atoms with Gasteiger partial charge in [-0.1, -0.05) is 0 Å². The molecular weight excluding hydrogens is 342 g/mol. The molecule has 1 aromatic rings. The van der Waals surface area contributed by atoms with Crippen LogP contribution in [0.15, 0.2) is 16.8 Å². The lowest BCUT2D eigenvalue weighted by molar-refractivity contribution is -0.125. The second-order valence-electron chi connectivity index (χ2n) is 5.19. The van der Waals surface area contributed by atoms with E-state index in [-0.39, 0.29) is 11.8 Å². The second-order valence-corrected chi connectivity index (χ2v) is 8.63. The molecule has 6 nitrogen and oxygen atoms in total. The molecule has 2 heterocycles. The number of nitrogens with zero attached hydrogens (tertiary/aromatic N) is 1. The SMILES string of the molecule is NS(=O)(=O)N1CCC(C(=O)NCCSCc2ccsc2)CC1. The predicted octanol–water partition coefficient (Wildman–Crippen LogP) is 1.01. The van der Waals surface area contributed by atoms with E-state index in [1.807, 2.05) is 0 Å². The summed E-state index contributed by atoms with van der Waals surface area (Å²) in [5.74, 6) is 1.74. The quantitative estimate of drug-likeness (QED) is 0.707. The Morgan fingerprint density at radius 2 is 2.18 bits per heavy atom. The van der Waals surface area contributed by atoms with E-state index in [0.717, 1.165) is 11.5 Å². The fourth-order valence-electron chi connectivity index (χ4n) is 2.33. The van der Waals surface area contributed by atoms with Crippen LogP contribution in [0.25, 0.3) is 0 Å². The van der Waals surface area contributed by atoms with Gasteiger partial charge in [0.1, 0.15) is 0 Å². The fourth-order valence-corrected chi connectivity index (χ4v) is 4.63. The summed E-state index contributed by atoms with van der Waals surface area (Å²) in [6, 6.07) is 2.11. The van der Waals surface area contributed by atoms with Crippen molar-refractivity contribution in [3.8, 4) is 0 Å². The Morgan fingerprint density at radius 1 is 1.45 bits per heavy atom. The summed E-state index contributed by atoms with van der Waals surface area (Å²) in [4.78, 5) is 12.0. The molecule has 1 amide bonds. The number of piperidine rings is 1. The number of rotatable bonds is 7. The molecule has 1 aliphatic rings. The standard InChI is InChI=1S/C13H21N3O3S3/c14-22(18,19)16-5-1-12(2-6-16)13(17)15-4-8-21-10-11-3-7-20-9-11/h3,7,9,12H,1-2,4-6,8,10H2,(H,15,17)(H2,14,18,19). The molecule has 1 aliphatic heterocycles. The molecule has 0 atom stereocenters. The minimum absolute atomic E-state index is 0.0187. The van der Waals surface area contributed by atoms with Gasteiger partial charge in [0.15, 0.2) is 0 Å². The molecule has 0 radical (unpaired) electrons. The van der Waals surface area contributed by atoms with Gasteiger partial charge < -0.3 is 5.32 Å². The summed E-state index contributed by atoms with van der Waals surface area (Å²) < 4.78 is 23.6. The Kier molecular flexibility index (Phi) is 6.69. The third kappa shape index (κ3) is 5.54. The highest BCUT2D eigenvalue weighted by atomic mass is 32.2. The molecule has 0 aliphatic carbocycles. The maximum Gasteiger partial charge on any atom is 0.276 e. The Labute approximate surface area is 139 Å². The monoisotopic (exact) mass is 363 g/mol. The first-order chi connectivity index (χ1) is 10.5. The molecule has 2 rings (SSSR count). The van der Waals surface area contributed by atoms with E-state index in [2.05, 4.69) is 22.1 Å². The van der Waals surface area contributed by atoms with Gasteiger partial charge in [-0.3, -0.25) is 4.79 Å². The number of carbonyl (C=O) groups excluding carboxylic acids is 1. The first kappa shape index (κ1) is 17.7. The van der Waals surface area contributed by atoms with Gasteiger partial charge in [0, 0.05) is 37.1 Å². The molecule has 0 bridgehead atoms. The van der Waals surface area contributed by atoms with E-state index in [0.29, 0.717) is 32.5 Å². The number of carbonyl (C=O) groups is 1. The Bertz CT molecular complexity index is 567. The van der Waals surface area contributed by atoms with Crippen molar-refractivity contribution in [1.29, 1.82) is 0 Å². The summed E-state index contributed by atoms with van der Waals surface area (Å²) in [7, 11) is -3.62. The molecule has 3 N–H and O–H groups in total. The molecule has 9 heteroatoms. The maximum absolute atomic E-state index is 12.0. The molecule has 22 heavy (non-hydrogen) atoms. The number of thiophene rings is 1. The number of thioether (sulfide) groups is 1. The third-order valence-corrected chi connectivity index (χ3v) is 6.43. The summed E-state index contributed by atoms with van der Waals surface area (Å²) in [6.45, 7) is 1.29. The molecular formula is C13H21N3O3S3. The van der Waals surface area contributed by atoms with Gasteiger partial charge in [-0.05, 0) is 35.2 Å². The lowest BCUT2D eigenvalue weighted by Crippen LogP contribution is -2.45. The molecule has 0 aromatic carbocycles. The van der Waals surface area contributed by atoms with Crippen molar-refractivity contribution in [2.45, 2.75) is 18.6 Å². The van der Waals surface area contributed by atoms with Gasteiger partial charge in [0.2, 0.25) is 5.91 Å². The van der Waals surface area contributed by atoms with E-state index in [1.165, 1.54) is 9.87 Å². The molecule has 0 saturated carbocycles. The molecule has 0 unspecified atom stereocenters. The molecule has 124 valence electrons. The van der Waals surface area contributed by atoms with Gasteiger partial charge >= 0.3 is 0 Å². The van der Waals surface area contributed by atoms with Crippen LogP contribution in [-0.2, 0) is 20.8 Å². The van der Waals surface area contributed by atoms with Crippen LogP contribution >= 0.6 is 23.1 Å². The normalized spacial score (nSPS) is 17.5. The lowest BCUT2D eigenvalue weighted by atomic mass is 9.97. The van der Waals surface area contributed by atoms with Crippen LogP contribution in [0.5, 0.6) is 0 Å². The summed E-state index contributed by atoms with van der Waals surface area (Å²) >= 11 is 3.48. The Morgan fingerprint density at radius 3 is 2.77 bits per heavy atom. The van der Waals surface area contributed by atoms with Crippen molar-refractivity contribution in [2.75, 3.05) is 25.4 Å². The average Bonchev–Trinajstić information content (AvgIpc) is 2.99. The van der Waals surface area contributed by atoms with Gasteiger partial charge in [0.25, 0.3) is 10.2 Å². The van der Waals surface area contributed by atoms with E-state index in [4.69, 9.17) is 5.14 Å². The van der Waals surface area contributed by atoms with Gasteiger partial charge in [0.05, 0.1) is 0 Å². The first-order valence-electron chi connectivity index (χ1n) is 7.11. The summed E-state index contributed by atoms with van der Waals surface area (Å²) in [6.07, 6.45) is 1.06. The van der Waals surface area contributed by atoms with Crippen molar-refractivity contribution in [3.05, 3.63) is 22.4 Å². The lowest BCUT2D eigenvalue weighted by Gasteiger charge is -2.29. The summed E-state index contributed by atoms with van der Waals surface area (Å²) in [5, 5.41) is 12.2. The van der Waals surface area contributed by atoms with Crippen LogP contribution in [0.3, 0.4) is 0 Å². The number of nitrogens with one attached hydrogen (secondary N) is 1. The zero-order valence-corrected chi connectivity index (χ0v) is 14.7. The Balaban J connectivity index is 1.60. The minimum Gasteiger partial charge on any atom is -0.355 e. The zero-order chi connectivity index (χ0) is 16.0. The van der Waals surface area contributed by atoms with Crippen molar-refractivity contribution < 1.29 is 13.2 Å². The largest absolute Gasteiger partial charge is 0.355 e. The maximum atomic E-state index is 12.0. The topological polar surface area (TPSA) is 92.5 Å². The first-order valence-corrected chi connectivity index (χ1v) is 10.7. The van der Waals surface area contributed by atoms with Crippen molar-refractivity contribution in [1.82, 2.24) is 9.62 Å². The van der Waals surface area contributed by atoms with Crippen LogP contribution in [0.1, 0.15) is 18.4 Å². The number of hydrogen-bond donors (Lipinski definition) is 2. The molecule has 1 saturated heterocycles. The van der Waals surface area contributed by atoms with E-state index < -0.39 is 10.2 Å². The summed E-state index contributed by atoms with van der Waals surface area (Å²) in [5.41, 5.74) is 1.32. The minimum atomic E-state index is -3.62. The third-order valence-electron chi connectivity index (χ3n) is 3.58. The van der Waals surface area contributed by atoms with Crippen molar-refractivity contribution in [3.63, 3.8) is 0 Å². The van der Waals surface area contributed by atoms with Gasteiger partial charge in [-0.15, -0.1) is 0 Å². The smallest absolute Gasteiger partial charge is 0.276 e. The number of nitrogens with two attached hydrogens (primary N) is 1. The number of amides is 1. The van der Waals surface area contributed by atoms with E-state index in [9.17, 15) is 13.2 Å². The van der Waals surface area contributed by atoms with Crippen LogP contribution in [0, 0.1) is 5.92 Å². The molecule has 0 spiro atoms. The van der Waals surface area contributed by atoms with Crippen LogP contribution < -0.4 is 10.5 Å². The van der Waals surface area contributed by atoms with E-state index in [1.54, 1.807) is 23.1 Å². The predicted molar refractivity (Wildman–Crippen MR) is 90.9 cm³/mol. The average molecular weight is 364 g/mol. The van der Waals surface area contributed by atoms with Gasteiger partial charge in [-0.2, -0.15) is 35.8 Å². The zero-order valence-electron chi connectivity index (χ0n) is 12.2. The van der Waals surface area contributed by atoms with Crippen molar-refractivity contribution in [2.24, 2.45) is 11.1 Å². The second kappa shape index (κ2) is 8.30. The van der Waals surface area contributed by atoms with Gasteiger partial charge in [-0.25, -0.2) is 5.14 Å². The van der Waals surface area contributed by atoms with Crippen LogP contribution in [0.2, 0.25) is 0 Å². The van der Waals surface area contributed by atoms with Crippen molar-refractivity contribution >= 4 is 39.2 Å². The fraction of sp³-hybridized carbons (Fsp3) is 0.615. The number of hydrogen-bond acceptors (Lipinski definition) is 5. The molecule has 1 fully saturated rings. The molecule has 1 aromatic heterocycles. The van der Waals surface area contributed by atoms with E-state index >= 15 is 0 Å². The highest BCUT2D eigenvalue weighted by Crippen LogP contribution is 2.19. The highest BCUT2D eigenvalue weighted by molar-refractivity contribution is 7.98.